The largest absolute Gasteiger partial charge is 0.462 e. The molecular formula is C27H43NO2. The van der Waals surface area contributed by atoms with Gasteiger partial charge in [-0.25, -0.2) is 0 Å². The first-order chi connectivity index (χ1) is 14.1. The number of hydrogen-bond donors (Lipinski definition) is 1. The predicted molar refractivity (Wildman–Crippen MR) is 127 cm³/mol. The van der Waals surface area contributed by atoms with E-state index in [0.29, 0.717) is 18.3 Å². The maximum Gasteiger partial charge on any atom is 0.306 e. The molecule has 0 aromatic heterocycles. The van der Waals surface area contributed by atoms with Crippen molar-refractivity contribution in [2.24, 2.45) is 5.92 Å². The Morgan fingerprint density at radius 2 is 1.77 bits per heavy atom. The van der Waals surface area contributed by atoms with Gasteiger partial charge in [0.15, 0.2) is 0 Å². The predicted octanol–water partition coefficient (Wildman–Crippen LogP) is 6.79. The van der Waals surface area contributed by atoms with E-state index in [0.717, 1.165) is 38.5 Å². The Morgan fingerprint density at radius 3 is 2.37 bits per heavy atom. The number of esters is 1. The monoisotopic (exact) mass is 413 g/mol. The molecule has 0 bridgehead atoms. The minimum absolute atomic E-state index is 0.00221. The van der Waals surface area contributed by atoms with E-state index in [-0.39, 0.29) is 23.2 Å². The summed E-state index contributed by atoms with van der Waals surface area (Å²) in [6, 6.07) is 10.8. The molecule has 3 heteroatoms. The van der Waals surface area contributed by atoms with Gasteiger partial charge < -0.3 is 10.1 Å². The van der Waals surface area contributed by atoms with Crippen LogP contribution in [0.3, 0.4) is 0 Å². The number of nitrogens with one attached hydrogen (secondary N) is 1. The molecule has 0 radical (unpaired) electrons. The van der Waals surface area contributed by atoms with Crippen LogP contribution >= 0.6 is 0 Å². The van der Waals surface area contributed by atoms with Crippen molar-refractivity contribution in [2.75, 3.05) is 0 Å². The molecule has 1 N–H and O–H groups in total. The van der Waals surface area contributed by atoms with Gasteiger partial charge in [-0.3, -0.25) is 4.79 Å². The van der Waals surface area contributed by atoms with Gasteiger partial charge in [-0.05, 0) is 70.8 Å². The normalized spacial score (nSPS) is 20.7. The van der Waals surface area contributed by atoms with Gasteiger partial charge in [-0.2, -0.15) is 0 Å². The molecule has 1 heterocycles. The van der Waals surface area contributed by atoms with Crippen LogP contribution in [0, 0.1) is 5.92 Å². The van der Waals surface area contributed by atoms with E-state index in [1.54, 1.807) is 0 Å². The second-order valence-electron chi connectivity index (χ2n) is 10.4. The molecule has 0 spiro atoms. The molecule has 3 nitrogen and oxygen atoms in total. The Hall–Kier alpha value is -1.61. The lowest BCUT2D eigenvalue weighted by Gasteiger charge is -2.45. The lowest BCUT2D eigenvalue weighted by Crippen LogP contribution is -2.59. The van der Waals surface area contributed by atoms with E-state index >= 15 is 0 Å². The molecular weight excluding hydrogens is 370 g/mol. The molecule has 1 aliphatic heterocycles. The third-order valence-electron chi connectivity index (χ3n) is 6.23. The van der Waals surface area contributed by atoms with E-state index < -0.39 is 0 Å². The van der Waals surface area contributed by atoms with E-state index in [1.807, 2.05) is 0 Å². The van der Waals surface area contributed by atoms with Crippen LogP contribution in [-0.2, 0) is 9.53 Å². The van der Waals surface area contributed by atoms with Gasteiger partial charge in [0, 0.05) is 30.3 Å². The summed E-state index contributed by atoms with van der Waals surface area (Å²) in [4.78, 5) is 12.3. The van der Waals surface area contributed by atoms with Crippen molar-refractivity contribution in [3.63, 3.8) is 0 Å². The maximum atomic E-state index is 12.3. The van der Waals surface area contributed by atoms with Crippen LogP contribution in [0.25, 0.3) is 0 Å². The number of hydrogen-bond acceptors (Lipinski definition) is 3. The molecule has 2 atom stereocenters. The van der Waals surface area contributed by atoms with Crippen molar-refractivity contribution in [3.8, 4) is 0 Å². The molecule has 0 saturated carbocycles. The molecule has 1 aromatic rings. The SMILES string of the molecule is CCC(c1ccccc1)C(C)C/C=C/CCCC(=O)OC1CC(C)(C)NC(C)(C)C1. The summed E-state index contributed by atoms with van der Waals surface area (Å²) in [6.45, 7) is 13.3. The minimum Gasteiger partial charge on any atom is -0.462 e. The van der Waals surface area contributed by atoms with E-state index in [2.05, 4.69) is 89.3 Å². The minimum atomic E-state index is -0.0506. The van der Waals surface area contributed by atoms with Crippen molar-refractivity contribution in [3.05, 3.63) is 48.0 Å². The Bertz CT molecular complexity index is 661. The van der Waals surface area contributed by atoms with Gasteiger partial charge in [0.25, 0.3) is 0 Å². The highest BCUT2D eigenvalue weighted by atomic mass is 16.5. The lowest BCUT2D eigenvalue weighted by molar-refractivity contribution is -0.153. The van der Waals surface area contributed by atoms with Crippen molar-refractivity contribution in [1.29, 1.82) is 0 Å². The zero-order chi connectivity index (χ0) is 22.2. The number of ether oxygens (including phenoxy) is 1. The Balaban J connectivity index is 1.68. The van der Waals surface area contributed by atoms with Crippen molar-refractivity contribution < 1.29 is 9.53 Å². The van der Waals surface area contributed by atoms with Gasteiger partial charge >= 0.3 is 5.97 Å². The maximum absolute atomic E-state index is 12.3. The van der Waals surface area contributed by atoms with Gasteiger partial charge in [0.1, 0.15) is 6.10 Å². The molecule has 0 aliphatic carbocycles. The first-order valence-electron chi connectivity index (χ1n) is 11.8. The van der Waals surface area contributed by atoms with Crippen molar-refractivity contribution >= 4 is 5.97 Å². The number of carbonyl (C=O) groups excluding carboxylic acids is 1. The van der Waals surface area contributed by atoms with Crippen LogP contribution in [-0.4, -0.2) is 23.2 Å². The highest BCUT2D eigenvalue weighted by molar-refractivity contribution is 5.69. The number of piperidine rings is 1. The molecule has 30 heavy (non-hydrogen) atoms. The van der Waals surface area contributed by atoms with Gasteiger partial charge in [0.05, 0.1) is 0 Å². The Labute approximate surface area is 184 Å². The fourth-order valence-electron chi connectivity index (χ4n) is 5.18. The van der Waals surface area contributed by atoms with Crippen LogP contribution in [0.4, 0.5) is 0 Å². The third-order valence-corrected chi connectivity index (χ3v) is 6.23. The topological polar surface area (TPSA) is 38.3 Å². The Kier molecular flexibility index (Phi) is 9.15. The van der Waals surface area contributed by atoms with Crippen LogP contribution in [0.5, 0.6) is 0 Å². The number of carbonyl (C=O) groups is 1. The summed E-state index contributed by atoms with van der Waals surface area (Å²) in [5.74, 6) is 1.17. The summed E-state index contributed by atoms with van der Waals surface area (Å²) in [6.07, 6.45) is 10.8. The molecule has 1 fully saturated rings. The fraction of sp³-hybridized carbons (Fsp3) is 0.667. The van der Waals surface area contributed by atoms with E-state index in [4.69, 9.17) is 4.74 Å². The average Bonchev–Trinajstić information content (AvgIpc) is 2.63. The van der Waals surface area contributed by atoms with Crippen LogP contribution in [0.15, 0.2) is 42.5 Å². The van der Waals surface area contributed by atoms with Crippen LogP contribution < -0.4 is 5.32 Å². The summed E-state index contributed by atoms with van der Waals surface area (Å²) in [7, 11) is 0. The molecule has 2 rings (SSSR count). The number of rotatable bonds is 10. The van der Waals surface area contributed by atoms with E-state index in [1.165, 1.54) is 5.56 Å². The smallest absolute Gasteiger partial charge is 0.306 e. The molecule has 0 amide bonds. The number of benzene rings is 1. The summed E-state index contributed by atoms with van der Waals surface area (Å²) in [5.41, 5.74) is 1.44. The van der Waals surface area contributed by atoms with Gasteiger partial charge in [0.2, 0.25) is 0 Å². The van der Waals surface area contributed by atoms with Crippen molar-refractivity contribution in [2.45, 2.75) is 110 Å². The number of allylic oxidation sites excluding steroid dienone is 2. The molecule has 1 saturated heterocycles. The van der Waals surface area contributed by atoms with Gasteiger partial charge in [-0.15, -0.1) is 0 Å². The number of unbranched alkanes of at least 4 members (excludes halogenated alkanes) is 1. The molecule has 168 valence electrons. The van der Waals surface area contributed by atoms with Crippen LogP contribution in [0.2, 0.25) is 0 Å². The first-order valence-corrected chi connectivity index (χ1v) is 11.8. The quantitative estimate of drug-likeness (QED) is 0.261. The average molecular weight is 414 g/mol. The second-order valence-corrected chi connectivity index (χ2v) is 10.4. The standard InChI is InChI=1S/C27H43NO2/c1-7-24(22-16-12-10-13-17-22)21(2)15-11-8-9-14-18-25(29)30-23-19-26(3,4)28-27(5,6)20-23/h8,10-13,16-17,21,23-24,28H,7,9,14-15,18-20H2,1-6H3/b11-8+. The lowest BCUT2D eigenvalue weighted by atomic mass is 9.81. The fourth-order valence-corrected chi connectivity index (χ4v) is 5.18. The second kappa shape index (κ2) is 11.1. The van der Waals surface area contributed by atoms with Gasteiger partial charge in [-0.1, -0.05) is 56.3 Å². The summed E-state index contributed by atoms with van der Waals surface area (Å²) < 4.78 is 5.80. The molecule has 1 aliphatic rings. The highest BCUT2D eigenvalue weighted by Gasteiger charge is 2.39. The molecule has 1 aromatic carbocycles. The third kappa shape index (κ3) is 8.26. The first kappa shape index (κ1) is 24.7. The zero-order valence-corrected chi connectivity index (χ0v) is 20.0. The molecule has 2 unspecified atom stereocenters. The Morgan fingerprint density at radius 1 is 1.13 bits per heavy atom. The van der Waals surface area contributed by atoms with E-state index in [9.17, 15) is 4.79 Å². The van der Waals surface area contributed by atoms with Crippen LogP contribution in [0.1, 0.15) is 98.0 Å². The summed E-state index contributed by atoms with van der Waals surface area (Å²) in [5, 5.41) is 3.63. The highest BCUT2D eigenvalue weighted by Crippen LogP contribution is 2.31. The summed E-state index contributed by atoms with van der Waals surface area (Å²) >= 11 is 0. The van der Waals surface area contributed by atoms with Crippen molar-refractivity contribution in [1.82, 2.24) is 5.32 Å². The zero-order valence-electron chi connectivity index (χ0n) is 20.0.